The van der Waals surface area contributed by atoms with E-state index in [9.17, 15) is 0 Å². The van der Waals surface area contributed by atoms with Crippen molar-refractivity contribution in [3.8, 4) is 0 Å². The molecule has 98 valence electrons. The molecule has 1 atom stereocenters. The van der Waals surface area contributed by atoms with Crippen LogP contribution in [0.4, 0.5) is 5.69 Å². The van der Waals surface area contributed by atoms with Gasteiger partial charge in [0.05, 0.1) is 6.04 Å². The van der Waals surface area contributed by atoms with Crippen LogP contribution in [0.2, 0.25) is 5.02 Å². The van der Waals surface area contributed by atoms with Crippen molar-refractivity contribution in [1.29, 1.82) is 0 Å². The molecule has 0 spiro atoms. The highest BCUT2D eigenvalue weighted by Crippen LogP contribution is 2.27. The van der Waals surface area contributed by atoms with Crippen molar-refractivity contribution < 1.29 is 0 Å². The van der Waals surface area contributed by atoms with E-state index in [-0.39, 0.29) is 0 Å². The van der Waals surface area contributed by atoms with Crippen molar-refractivity contribution in [2.75, 3.05) is 11.9 Å². The Hall–Kier alpha value is -1.51. The first kappa shape index (κ1) is 12.5. The summed E-state index contributed by atoms with van der Waals surface area (Å²) in [4.78, 5) is 0. The Kier molecular flexibility index (Phi) is 3.72. The molecule has 0 saturated carbocycles. The zero-order valence-corrected chi connectivity index (χ0v) is 11.5. The van der Waals surface area contributed by atoms with E-state index in [4.69, 9.17) is 11.6 Å². The highest BCUT2D eigenvalue weighted by Gasteiger charge is 2.17. The van der Waals surface area contributed by atoms with E-state index in [2.05, 4.69) is 34.9 Å². The topological polar surface area (TPSA) is 24.1 Å². The molecule has 19 heavy (non-hydrogen) atoms. The third kappa shape index (κ3) is 2.91. The van der Waals surface area contributed by atoms with Gasteiger partial charge in [0.2, 0.25) is 0 Å². The van der Waals surface area contributed by atoms with Crippen LogP contribution in [0.5, 0.6) is 0 Å². The molecule has 1 aliphatic heterocycles. The van der Waals surface area contributed by atoms with Gasteiger partial charge in [0.15, 0.2) is 0 Å². The van der Waals surface area contributed by atoms with E-state index in [1.807, 2.05) is 24.3 Å². The van der Waals surface area contributed by atoms with Crippen molar-refractivity contribution >= 4 is 17.3 Å². The van der Waals surface area contributed by atoms with Crippen molar-refractivity contribution in [3.05, 3.63) is 64.7 Å². The van der Waals surface area contributed by atoms with Crippen molar-refractivity contribution in [3.63, 3.8) is 0 Å². The van der Waals surface area contributed by atoms with Gasteiger partial charge in [0.25, 0.3) is 0 Å². The first-order valence-electron chi connectivity index (χ1n) is 6.63. The summed E-state index contributed by atoms with van der Waals surface area (Å²) in [7, 11) is 0. The lowest BCUT2D eigenvalue weighted by atomic mass is 9.99. The monoisotopic (exact) mass is 272 g/mol. The fourth-order valence-electron chi connectivity index (χ4n) is 2.56. The summed E-state index contributed by atoms with van der Waals surface area (Å²) in [6, 6.07) is 16.9. The van der Waals surface area contributed by atoms with Crippen LogP contribution < -0.4 is 10.6 Å². The number of fused-ring (bicyclic) bond motifs is 1. The minimum atomic E-state index is 0.354. The summed E-state index contributed by atoms with van der Waals surface area (Å²) < 4.78 is 0. The predicted octanol–water partition coefficient (Wildman–Crippen LogP) is 3.99. The van der Waals surface area contributed by atoms with Gasteiger partial charge in [-0.2, -0.15) is 0 Å². The smallest absolute Gasteiger partial charge is 0.0529 e. The minimum absolute atomic E-state index is 0.354. The van der Waals surface area contributed by atoms with Gasteiger partial charge in [-0.15, -0.1) is 0 Å². The van der Waals surface area contributed by atoms with Gasteiger partial charge in [0, 0.05) is 17.3 Å². The first-order valence-corrected chi connectivity index (χ1v) is 7.01. The minimum Gasteiger partial charge on any atom is -0.378 e. The standard InChI is InChI=1S/C16H17ClN2/c17-13-5-7-14(8-6-13)19-16-9-10-18-11-12-3-1-2-4-15(12)16/h1-8,16,18-19H,9-11H2. The number of benzene rings is 2. The molecule has 1 heterocycles. The normalized spacial score (nSPS) is 18.5. The molecule has 0 aromatic heterocycles. The fourth-order valence-corrected chi connectivity index (χ4v) is 2.68. The maximum Gasteiger partial charge on any atom is 0.0529 e. The Balaban J connectivity index is 1.86. The molecular formula is C16H17ClN2. The number of anilines is 1. The van der Waals surface area contributed by atoms with Gasteiger partial charge < -0.3 is 10.6 Å². The van der Waals surface area contributed by atoms with Crippen LogP contribution >= 0.6 is 11.6 Å². The van der Waals surface area contributed by atoms with Gasteiger partial charge in [-0.3, -0.25) is 0 Å². The molecule has 1 aliphatic rings. The Labute approximate surface area is 118 Å². The molecule has 2 aromatic carbocycles. The largest absolute Gasteiger partial charge is 0.378 e. The molecule has 2 N–H and O–H groups in total. The number of nitrogens with one attached hydrogen (secondary N) is 2. The van der Waals surface area contributed by atoms with E-state index >= 15 is 0 Å². The summed E-state index contributed by atoms with van der Waals surface area (Å²) >= 11 is 5.92. The van der Waals surface area contributed by atoms with Crippen LogP contribution in [-0.2, 0) is 6.54 Å². The molecule has 3 rings (SSSR count). The van der Waals surface area contributed by atoms with Crippen LogP contribution in [0.1, 0.15) is 23.6 Å². The number of rotatable bonds is 2. The summed E-state index contributed by atoms with van der Waals surface area (Å²) in [5.41, 5.74) is 3.89. The second-order valence-electron chi connectivity index (χ2n) is 4.87. The van der Waals surface area contributed by atoms with E-state index < -0.39 is 0 Å². The second-order valence-corrected chi connectivity index (χ2v) is 5.30. The number of halogens is 1. The zero-order chi connectivity index (χ0) is 13.1. The Morgan fingerprint density at radius 3 is 2.68 bits per heavy atom. The lowest BCUT2D eigenvalue weighted by Gasteiger charge is -2.20. The third-order valence-electron chi connectivity index (χ3n) is 3.54. The average Bonchev–Trinajstić information content (AvgIpc) is 2.64. The van der Waals surface area contributed by atoms with Crippen LogP contribution in [-0.4, -0.2) is 6.54 Å². The maximum absolute atomic E-state index is 5.92. The highest BCUT2D eigenvalue weighted by atomic mass is 35.5. The van der Waals surface area contributed by atoms with Gasteiger partial charge >= 0.3 is 0 Å². The Morgan fingerprint density at radius 1 is 1.05 bits per heavy atom. The maximum atomic E-state index is 5.92. The molecule has 2 aromatic rings. The summed E-state index contributed by atoms with van der Waals surface area (Å²) in [6.45, 7) is 1.98. The molecule has 3 heteroatoms. The number of hydrogen-bond donors (Lipinski definition) is 2. The molecule has 0 amide bonds. The molecular weight excluding hydrogens is 256 g/mol. The van der Waals surface area contributed by atoms with Gasteiger partial charge in [-0.05, 0) is 48.4 Å². The molecule has 0 bridgehead atoms. The SMILES string of the molecule is Clc1ccc(NC2CCNCc3ccccc32)cc1. The van der Waals surface area contributed by atoms with Crippen molar-refractivity contribution in [1.82, 2.24) is 5.32 Å². The van der Waals surface area contributed by atoms with E-state index in [1.54, 1.807) is 0 Å². The molecule has 0 fully saturated rings. The molecule has 1 unspecified atom stereocenters. The summed E-state index contributed by atoms with van der Waals surface area (Å²) in [5.74, 6) is 0. The van der Waals surface area contributed by atoms with Crippen molar-refractivity contribution in [2.24, 2.45) is 0 Å². The number of hydrogen-bond acceptors (Lipinski definition) is 2. The quantitative estimate of drug-likeness (QED) is 0.864. The summed E-state index contributed by atoms with van der Waals surface area (Å²) in [6.07, 6.45) is 1.08. The fraction of sp³-hybridized carbons (Fsp3) is 0.250. The average molecular weight is 273 g/mol. The highest BCUT2D eigenvalue weighted by molar-refractivity contribution is 6.30. The van der Waals surface area contributed by atoms with Crippen molar-refractivity contribution in [2.45, 2.75) is 19.0 Å². The first-order chi connectivity index (χ1) is 9.33. The van der Waals surface area contributed by atoms with Crippen LogP contribution in [0.25, 0.3) is 0 Å². The molecule has 0 aliphatic carbocycles. The third-order valence-corrected chi connectivity index (χ3v) is 3.79. The van der Waals surface area contributed by atoms with Gasteiger partial charge in [0.1, 0.15) is 0 Å². The molecule has 2 nitrogen and oxygen atoms in total. The van der Waals surface area contributed by atoms with E-state index in [0.717, 1.165) is 30.2 Å². The lowest BCUT2D eigenvalue weighted by molar-refractivity contribution is 0.637. The van der Waals surface area contributed by atoms with E-state index in [0.29, 0.717) is 6.04 Å². The van der Waals surface area contributed by atoms with Gasteiger partial charge in [-0.25, -0.2) is 0 Å². The summed E-state index contributed by atoms with van der Waals surface area (Å²) in [5, 5.41) is 7.84. The molecule has 0 saturated heterocycles. The Morgan fingerprint density at radius 2 is 1.84 bits per heavy atom. The lowest BCUT2D eigenvalue weighted by Crippen LogP contribution is -2.15. The van der Waals surface area contributed by atoms with Crippen LogP contribution in [0, 0.1) is 0 Å². The van der Waals surface area contributed by atoms with Crippen LogP contribution in [0.15, 0.2) is 48.5 Å². The molecule has 0 radical (unpaired) electrons. The zero-order valence-electron chi connectivity index (χ0n) is 10.7. The van der Waals surface area contributed by atoms with Gasteiger partial charge in [-0.1, -0.05) is 35.9 Å². The van der Waals surface area contributed by atoms with Crippen LogP contribution in [0.3, 0.4) is 0 Å². The Bertz CT molecular complexity index is 551. The van der Waals surface area contributed by atoms with E-state index in [1.165, 1.54) is 11.1 Å². The second kappa shape index (κ2) is 5.64. The predicted molar refractivity (Wildman–Crippen MR) is 80.6 cm³/mol.